The zero-order valence-corrected chi connectivity index (χ0v) is 12.7. The van der Waals surface area contributed by atoms with E-state index in [0.29, 0.717) is 5.92 Å². The molecule has 1 fully saturated rings. The monoisotopic (exact) mass is 289 g/mol. The first-order valence-corrected chi connectivity index (χ1v) is 7.76. The van der Waals surface area contributed by atoms with Crippen LogP contribution in [-0.2, 0) is 12.0 Å². The Morgan fingerprint density at radius 3 is 2.90 bits per heavy atom. The van der Waals surface area contributed by atoms with Crippen LogP contribution >= 0.6 is 0 Å². The van der Waals surface area contributed by atoms with Crippen LogP contribution in [0, 0.1) is 12.8 Å². The fourth-order valence-electron chi connectivity index (χ4n) is 4.36. The molecule has 4 nitrogen and oxygen atoms in total. The van der Waals surface area contributed by atoms with Crippen molar-refractivity contribution in [2.45, 2.75) is 51.0 Å². The van der Waals surface area contributed by atoms with Crippen LogP contribution in [0.1, 0.15) is 48.8 Å². The quantitative estimate of drug-likeness (QED) is 0.874. The number of aryl methyl sites for hydroxylation is 1. The summed E-state index contributed by atoms with van der Waals surface area (Å²) in [6.07, 6.45) is 5.47. The molecule has 2 unspecified atom stereocenters. The lowest BCUT2D eigenvalue weighted by atomic mass is 9.62. The molecule has 0 bridgehead atoms. The lowest BCUT2D eigenvalue weighted by Gasteiger charge is -2.48. The Kier molecular flexibility index (Phi) is 3.56. The van der Waals surface area contributed by atoms with Gasteiger partial charge in [0.25, 0.3) is 0 Å². The van der Waals surface area contributed by atoms with Crippen molar-refractivity contribution >= 4 is 6.09 Å². The third kappa shape index (κ3) is 2.27. The number of ether oxygens (including phenoxy) is 1. The molecule has 1 saturated carbocycles. The van der Waals surface area contributed by atoms with Crippen LogP contribution in [0.2, 0.25) is 0 Å². The Bertz CT molecular complexity index is 569. The Balaban J connectivity index is 2.17. The number of carbonyl (C=O) groups is 1. The maximum absolute atomic E-state index is 11.4. The smallest absolute Gasteiger partial charge is 0.405 e. The average Bonchev–Trinajstić information content (AvgIpc) is 2.46. The number of hydrogen-bond donors (Lipinski definition) is 2. The Morgan fingerprint density at radius 1 is 1.38 bits per heavy atom. The first kappa shape index (κ1) is 14.2. The van der Waals surface area contributed by atoms with Crippen LogP contribution in [0.5, 0.6) is 5.75 Å². The van der Waals surface area contributed by atoms with Gasteiger partial charge in [0.05, 0.1) is 12.6 Å². The molecule has 0 aliphatic heterocycles. The van der Waals surface area contributed by atoms with E-state index in [1.807, 2.05) is 0 Å². The van der Waals surface area contributed by atoms with Crippen LogP contribution in [0.25, 0.3) is 0 Å². The normalized spacial score (nSPS) is 27.4. The van der Waals surface area contributed by atoms with Gasteiger partial charge in [0, 0.05) is 0 Å². The summed E-state index contributed by atoms with van der Waals surface area (Å²) >= 11 is 0. The van der Waals surface area contributed by atoms with Crippen LogP contribution in [0.3, 0.4) is 0 Å². The Hall–Kier alpha value is -1.71. The van der Waals surface area contributed by atoms with Crippen molar-refractivity contribution in [3.05, 3.63) is 28.8 Å². The number of hydrogen-bond acceptors (Lipinski definition) is 2. The molecule has 21 heavy (non-hydrogen) atoms. The van der Waals surface area contributed by atoms with Crippen LogP contribution in [-0.4, -0.2) is 18.3 Å². The molecule has 0 saturated heterocycles. The largest absolute Gasteiger partial charge is 0.497 e. The zero-order chi connectivity index (χ0) is 15.0. The Labute approximate surface area is 125 Å². The van der Waals surface area contributed by atoms with Crippen molar-refractivity contribution in [2.24, 2.45) is 5.92 Å². The number of rotatable bonds is 2. The highest BCUT2D eigenvalue weighted by Crippen LogP contribution is 2.49. The SMILES string of the molecule is COc1cc(C)c2c(c1)C1(NC(=O)O)CCCCC1CC2. The van der Waals surface area contributed by atoms with E-state index in [9.17, 15) is 9.90 Å². The molecule has 2 aliphatic rings. The van der Waals surface area contributed by atoms with Gasteiger partial charge in [0.15, 0.2) is 0 Å². The van der Waals surface area contributed by atoms with Gasteiger partial charge >= 0.3 is 6.09 Å². The molecular weight excluding hydrogens is 266 g/mol. The third-order valence-electron chi connectivity index (χ3n) is 5.31. The molecule has 0 radical (unpaired) electrons. The minimum absolute atomic E-state index is 0.404. The molecule has 2 atom stereocenters. The van der Waals surface area contributed by atoms with E-state index in [1.165, 1.54) is 17.5 Å². The predicted octanol–water partition coefficient (Wildman–Crippen LogP) is 3.60. The van der Waals surface area contributed by atoms with Crippen molar-refractivity contribution in [1.82, 2.24) is 5.32 Å². The molecular formula is C17H23NO3. The molecule has 1 amide bonds. The van der Waals surface area contributed by atoms with E-state index in [2.05, 4.69) is 24.4 Å². The number of fused-ring (bicyclic) bond motifs is 3. The molecule has 1 aromatic carbocycles. The summed E-state index contributed by atoms with van der Waals surface area (Å²) in [6.45, 7) is 2.10. The van der Waals surface area contributed by atoms with Gasteiger partial charge in [0.2, 0.25) is 0 Å². The summed E-state index contributed by atoms with van der Waals surface area (Å²) in [5, 5.41) is 12.3. The van der Waals surface area contributed by atoms with E-state index in [0.717, 1.165) is 43.4 Å². The van der Waals surface area contributed by atoms with Gasteiger partial charge in [-0.05, 0) is 67.3 Å². The second-order valence-electron chi connectivity index (χ2n) is 6.35. The van der Waals surface area contributed by atoms with Gasteiger partial charge in [-0.15, -0.1) is 0 Å². The van der Waals surface area contributed by atoms with Crippen molar-refractivity contribution < 1.29 is 14.6 Å². The minimum atomic E-state index is -0.921. The van der Waals surface area contributed by atoms with Gasteiger partial charge in [-0.25, -0.2) is 4.79 Å². The highest BCUT2D eigenvalue weighted by atomic mass is 16.5. The van der Waals surface area contributed by atoms with E-state index < -0.39 is 11.6 Å². The topological polar surface area (TPSA) is 58.6 Å². The summed E-state index contributed by atoms with van der Waals surface area (Å²) in [5.41, 5.74) is 3.25. The summed E-state index contributed by atoms with van der Waals surface area (Å²) in [5.74, 6) is 1.23. The van der Waals surface area contributed by atoms with Crippen LogP contribution in [0.15, 0.2) is 12.1 Å². The minimum Gasteiger partial charge on any atom is -0.497 e. The van der Waals surface area contributed by atoms with Gasteiger partial charge < -0.3 is 15.2 Å². The van der Waals surface area contributed by atoms with Crippen molar-refractivity contribution in [3.8, 4) is 5.75 Å². The van der Waals surface area contributed by atoms with Gasteiger partial charge in [-0.2, -0.15) is 0 Å². The summed E-state index contributed by atoms with van der Waals surface area (Å²) in [4.78, 5) is 11.4. The number of methoxy groups -OCH3 is 1. The number of carboxylic acid groups (broad SMARTS) is 1. The molecule has 0 heterocycles. The first-order valence-electron chi connectivity index (χ1n) is 7.76. The van der Waals surface area contributed by atoms with E-state index in [4.69, 9.17) is 4.74 Å². The van der Waals surface area contributed by atoms with Crippen molar-refractivity contribution in [1.29, 1.82) is 0 Å². The number of amides is 1. The fraction of sp³-hybridized carbons (Fsp3) is 0.588. The molecule has 114 valence electrons. The standard InChI is InChI=1S/C17H23NO3/c1-11-9-13(21-2)10-15-14(11)7-6-12-5-3-4-8-17(12,15)18-16(19)20/h9-10,12,18H,3-8H2,1-2H3,(H,19,20). The molecule has 3 rings (SSSR count). The number of nitrogens with one attached hydrogen (secondary N) is 1. The highest BCUT2D eigenvalue weighted by Gasteiger charge is 2.47. The fourth-order valence-corrected chi connectivity index (χ4v) is 4.36. The zero-order valence-electron chi connectivity index (χ0n) is 12.7. The second-order valence-corrected chi connectivity index (χ2v) is 6.35. The molecule has 0 aromatic heterocycles. The van der Waals surface area contributed by atoms with Gasteiger partial charge in [-0.3, -0.25) is 0 Å². The molecule has 0 spiro atoms. The summed E-state index contributed by atoms with van der Waals surface area (Å²) in [6, 6.07) is 4.10. The Morgan fingerprint density at radius 2 is 2.19 bits per heavy atom. The number of benzene rings is 1. The van der Waals surface area contributed by atoms with E-state index >= 15 is 0 Å². The highest BCUT2D eigenvalue weighted by molar-refractivity contribution is 5.67. The van der Waals surface area contributed by atoms with Gasteiger partial charge in [-0.1, -0.05) is 12.8 Å². The van der Waals surface area contributed by atoms with E-state index in [1.54, 1.807) is 7.11 Å². The maximum Gasteiger partial charge on any atom is 0.405 e. The molecule has 1 aromatic rings. The summed E-state index contributed by atoms with van der Waals surface area (Å²) in [7, 11) is 1.67. The van der Waals surface area contributed by atoms with Crippen LogP contribution in [0.4, 0.5) is 4.79 Å². The van der Waals surface area contributed by atoms with E-state index in [-0.39, 0.29) is 0 Å². The lowest BCUT2D eigenvalue weighted by Crippen LogP contribution is -2.54. The average molecular weight is 289 g/mol. The van der Waals surface area contributed by atoms with Crippen molar-refractivity contribution in [3.63, 3.8) is 0 Å². The van der Waals surface area contributed by atoms with Gasteiger partial charge in [0.1, 0.15) is 5.75 Å². The van der Waals surface area contributed by atoms with Crippen molar-refractivity contribution in [2.75, 3.05) is 7.11 Å². The molecule has 2 N–H and O–H groups in total. The third-order valence-corrected chi connectivity index (χ3v) is 5.31. The first-order chi connectivity index (χ1) is 10.1. The maximum atomic E-state index is 11.4. The lowest BCUT2D eigenvalue weighted by molar-refractivity contribution is 0.107. The van der Waals surface area contributed by atoms with Crippen LogP contribution < -0.4 is 10.1 Å². The second kappa shape index (κ2) is 5.24. The predicted molar refractivity (Wildman–Crippen MR) is 80.8 cm³/mol. The molecule has 2 aliphatic carbocycles. The molecule has 4 heteroatoms. The summed E-state index contributed by atoms with van der Waals surface area (Å²) < 4.78 is 5.42.